The third kappa shape index (κ3) is 2.35. The van der Waals surface area contributed by atoms with E-state index in [0.29, 0.717) is 6.04 Å². The number of hydrogen-bond donors (Lipinski definition) is 1. The molecule has 0 radical (unpaired) electrons. The number of nitrogens with zero attached hydrogens (tertiary/aromatic N) is 1. The first-order chi connectivity index (χ1) is 6.77. The maximum Gasteiger partial charge on any atom is 0.106 e. The van der Waals surface area contributed by atoms with E-state index in [1.807, 2.05) is 6.20 Å². The van der Waals surface area contributed by atoms with Crippen LogP contribution < -0.4 is 5.32 Å². The average molecular weight is 320 g/mol. The predicted molar refractivity (Wildman–Crippen MR) is 64.2 cm³/mol. The first-order valence-electron chi connectivity index (χ1n) is 4.81. The lowest BCUT2D eigenvalue weighted by Crippen LogP contribution is -2.27. The zero-order valence-corrected chi connectivity index (χ0v) is 10.9. The lowest BCUT2D eigenvalue weighted by atomic mass is 9.99. The Bertz CT molecular complexity index is 322. The summed E-state index contributed by atoms with van der Waals surface area (Å²) in [4.78, 5) is 4.18. The van der Waals surface area contributed by atoms with Crippen LogP contribution in [0.1, 0.15) is 30.9 Å². The van der Waals surface area contributed by atoms with Crippen molar-refractivity contribution < 1.29 is 0 Å². The highest BCUT2D eigenvalue weighted by Crippen LogP contribution is 2.30. The summed E-state index contributed by atoms with van der Waals surface area (Å²) in [6.45, 7) is 1.12. The topological polar surface area (TPSA) is 24.9 Å². The molecule has 1 aromatic heterocycles. The Morgan fingerprint density at radius 1 is 1.36 bits per heavy atom. The third-order valence-corrected chi connectivity index (χ3v) is 3.63. The van der Waals surface area contributed by atoms with Crippen molar-refractivity contribution in [1.29, 1.82) is 0 Å². The number of pyridine rings is 1. The summed E-state index contributed by atoms with van der Waals surface area (Å²) in [7, 11) is 0. The van der Waals surface area contributed by atoms with Gasteiger partial charge in [0, 0.05) is 16.7 Å². The fourth-order valence-corrected chi connectivity index (χ4v) is 2.65. The fourth-order valence-electron chi connectivity index (χ4n) is 1.81. The zero-order chi connectivity index (χ0) is 9.97. The Morgan fingerprint density at radius 3 is 2.93 bits per heavy atom. The molecular weight excluding hydrogens is 308 g/mol. The van der Waals surface area contributed by atoms with Gasteiger partial charge in [-0.15, -0.1) is 0 Å². The molecule has 0 saturated carbocycles. The summed E-state index contributed by atoms with van der Waals surface area (Å²) in [5.74, 6) is 0. The lowest BCUT2D eigenvalue weighted by molar-refractivity contribution is 0.411. The number of hydrogen-bond acceptors (Lipinski definition) is 2. The number of nitrogens with one attached hydrogen (secondary N) is 1. The lowest BCUT2D eigenvalue weighted by Gasteiger charge is -2.24. The van der Waals surface area contributed by atoms with Gasteiger partial charge in [-0.05, 0) is 62.9 Å². The zero-order valence-electron chi connectivity index (χ0n) is 7.76. The summed E-state index contributed by atoms with van der Waals surface area (Å²) in [6, 6.07) is 2.57. The van der Waals surface area contributed by atoms with E-state index in [4.69, 9.17) is 0 Å². The molecular formula is C10H12Br2N2. The van der Waals surface area contributed by atoms with Gasteiger partial charge in [-0.3, -0.25) is 0 Å². The van der Waals surface area contributed by atoms with Gasteiger partial charge in [0.15, 0.2) is 0 Å². The molecule has 76 valence electrons. The van der Waals surface area contributed by atoms with Crippen LogP contribution in [0, 0.1) is 0 Å². The number of halogens is 2. The van der Waals surface area contributed by atoms with Crippen LogP contribution in [-0.4, -0.2) is 11.5 Å². The van der Waals surface area contributed by atoms with Gasteiger partial charge < -0.3 is 5.32 Å². The minimum Gasteiger partial charge on any atom is -0.310 e. The van der Waals surface area contributed by atoms with Crippen molar-refractivity contribution >= 4 is 31.9 Å². The number of rotatable bonds is 1. The van der Waals surface area contributed by atoms with Crippen molar-refractivity contribution in [2.45, 2.75) is 25.3 Å². The molecule has 2 heterocycles. The van der Waals surface area contributed by atoms with Crippen LogP contribution in [0.15, 0.2) is 21.3 Å². The molecule has 2 nitrogen and oxygen atoms in total. The molecule has 0 spiro atoms. The van der Waals surface area contributed by atoms with Crippen LogP contribution in [-0.2, 0) is 0 Å². The minimum absolute atomic E-state index is 0.484. The highest BCUT2D eigenvalue weighted by Gasteiger charge is 2.17. The SMILES string of the molecule is Brc1cc(C2CCCCN2)c(Br)cn1. The van der Waals surface area contributed by atoms with Crippen LogP contribution in [0.4, 0.5) is 0 Å². The molecule has 1 fully saturated rings. The molecule has 1 unspecified atom stereocenters. The molecule has 0 bridgehead atoms. The smallest absolute Gasteiger partial charge is 0.106 e. The van der Waals surface area contributed by atoms with Gasteiger partial charge in [0.25, 0.3) is 0 Å². The van der Waals surface area contributed by atoms with Crippen molar-refractivity contribution in [2.24, 2.45) is 0 Å². The highest BCUT2D eigenvalue weighted by atomic mass is 79.9. The minimum atomic E-state index is 0.484. The molecule has 0 aromatic carbocycles. The Kier molecular flexibility index (Phi) is 3.57. The van der Waals surface area contributed by atoms with E-state index >= 15 is 0 Å². The van der Waals surface area contributed by atoms with E-state index in [9.17, 15) is 0 Å². The highest BCUT2D eigenvalue weighted by molar-refractivity contribution is 9.11. The molecule has 2 rings (SSSR count). The molecule has 1 atom stereocenters. The van der Waals surface area contributed by atoms with E-state index in [1.54, 1.807) is 0 Å². The van der Waals surface area contributed by atoms with Gasteiger partial charge in [-0.2, -0.15) is 0 Å². The quantitative estimate of drug-likeness (QED) is 0.802. The van der Waals surface area contributed by atoms with Gasteiger partial charge in [0.2, 0.25) is 0 Å². The molecule has 14 heavy (non-hydrogen) atoms. The maximum atomic E-state index is 4.18. The van der Waals surface area contributed by atoms with E-state index in [1.165, 1.54) is 24.8 Å². The van der Waals surface area contributed by atoms with Crippen molar-refractivity contribution in [3.63, 3.8) is 0 Å². The Hall–Kier alpha value is 0.0700. The summed E-state index contributed by atoms with van der Waals surface area (Å²) in [5.41, 5.74) is 1.31. The number of piperidine rings is 1. The Labute approximate surface area is 101 Å². The second-order valence-corrected chi connectivity index (χ2v) is 5.20. The second-order valence-electron chi connectivity index (χ2n) is 3.53. The summed E-state index contributed by atoms with van der Waals surface area (Å²) >= 11 is 6.95. The van der Waals surface area contributed by atoms with Crippen LogP contribution >= 0.6 is 31.9 Å². The van der Waals surface area contributed by atoms with E-state index < -0.39 is 0 Å². The molecule has 1 saturated heterocycles. The van der Waals surface area contributed by atoms with Crippen LogP contribution in [0.3, 0.4) is 0 Å². The first-order valence-corrected chi connectivity index (χ1v) is 6.40. The standard InChI is InChI=1S/C10H12Br2N2/c11-8-6-14-10(12)5-7(8)9-3-1-2-4-13-9/h5-6,9,13H,1-4H2. The van der Waals surface area contributed by atoms with Gasteiger partial charge in [0.05, 0.1) is 0 Å². The molecule has 1 N–H and O–H groups in total. The Morgan fingerprint density at radius 2 is 2.21 bits per heavy atom. The normalized spacial score (nSPS) is 22.3. The van der Waals surface area contributed by atoms with E-state index in [-0.39, 0.29) is 0 Å². The van der Waals surface area contributed by atoms with Crippen molar-refractivity contribution in [1.82, 2.24) is 10.3 Å². The van der Waals surface area contributed by atoms with Crippen LogP contribution in [0.5, 0.6) is 0 Å². The van der Waals surface area contributed by atoms with Gasteiger partial charge in [0.1, 0.15) is 4.60 Å². The van der Waals surface area contributed by atoms with Crippen molar-refractivity contribution in [2.75, 3.05) is 6.54 Å². The van der Waals surface area contributed by atoms with E-state index in [2.05, 4.69) is 48.2 Å². The monoisotopic (exact) mass is 318 g/mol. The molecule has 0 aliphatic carbocycles. The Balaban J connectivity index is 2.24. The second kappa shape index (κ2) is 4.73. The first kappa shape index (κ1) is 10.6. The molecule has 1 aliphatic rings. The van der Waals surface area contributed by atoms with E-state index in [0.717, 1.165) is 15.6 Å². The van der Waals surface area contributed by atoms with Crippen molar-refractivity contribution in [3.05, 3.63) is 26.9 Å². The summed E-state index contributed by atoms with van der Waals surface area (Å²) in [6.07, 6.45) is 5.68. The van der Waals surface area contributed by atoms with Crippen LogP contribution in [0.25, 0.3) is 0 Å². The summed E-state index contributed by atoms with van der Waals surface area (Å²) < 4.78 is 2.00. The van der Waals surface area contributed by atoms with Gasteiger partial charge in [-0.1, -0.05) is 6.42 Å². The molecule has 1 aliphatic heterocycles. The average Bonchev–Trinajstić information content (AvgIpc) is 2.23. The molecule has 4 heteroatoms. The van der Waals surface area contributed by atoms with Gasteiger partial charge in [-0.25, -0.2) is 4.98 Å². The maximum absolute atomic E-state index is 4.18. The predicted octanol–water partition coefficient (Wildman–Crippen LogP) is 3.42. The molecule has 1 aromatic rings. The third-order valence-electron chi connectivity index (χ3n) is 2.54. The fraction of sp³-hybridized carbons (Fsp3) is 0.500. The molecule has 0 amide bonds. The van der Waals surface area contributed by atoms with Crippen LogP contribution in [0.2, 0.25) is 0 Å². The largest absolute Gasteiger partial charge is 0.310 e. The van der Waals surface area contributed by atoms with Crippen molar-refractivity contribution in [3.8, 4) is 0 Å². The van der Waals surface area contributed by atoms with Gasteiger partial charge >= 0.3 is 0 Å². The number of aromatic nitrogens is 1. The summed E-state index contributed by atoms with van der Waals surface area (Å²) in [5, 5.41) is 3.52.